The van der Waals surface area contributed by atoms with Crippen LogP contribution in [0.15, 0.2) is 220 Å². The molecule has 0 atom stereocenters. The maximum atomic E-state index is 6.76. The number of rotatable bonds is 18. The van der Waals surface area contributed by atoms with Gasteiger partial charge in [0.2, 0.25) is 0 Å². The zero-order valence-electron chi connectivity index (χ0n) is 32.7. The van der Waals surface area contributed by atoms with Gasteiger partial charge in [0.05, 0.1) is 0 Å². The van der Waals surface area contributed by atoms with Crippen LogP contribution < -0.4 is 14.6 Å². The standard InChI is InChI=1S/C48H48N3O6P3/c1-7-19-43(20-8-1)31-37-52-58(53-38-32-44-21-9-2-10-22-44)49-59(54-39-33-45-23-11-3-12-24-45,55-40-34-46-25-13-4-14-26-46)51-60(50-58,56-41-35-47-27-15-5-16-28-47)57-42-36-48-29-17-6-18-30-48/h1-42,49-51,58-60H. The van der Waals surface area contributed by atoms with E-state index in [4.69, 9.17) is 27.1 Å². The van der Waals surface area contributed by atoms with Crippen molar-refractivity contribution in [1.82, 2.24) is 14.6 Å². The minimum absolute atomic E-state index is 0.926. The Bertz CT molecular complexity index is 1930. The number of hydrogen-bond acceptors (Lipinski definition) is 9. The molecule has 7 rings (SSSR count). The molecule has 3 N–H and O–H groups in total. The molecule has 0 radical (unpaired) electrons. The molecule has 6 aromatic carbocycles. The normalized spacial score (nSPS) is 17.4. The van der Waals surface area contributed by atoms with E-state index in [-0.39, 0.29) is 0 Å². The Morgan fingerprint density at radius 1 is 0.233 bits per heavy atom. The summed E-state index contributed by atoms with van der Waals surface area (Å²) >= 11 is 0. The fourth-order valence-electron chi connectivity index (χ4n) is 5.82. The molecule has 0 aromatic heterocycles. The molecule has 1 heterocycles. The Labute approximate surface area is 353 Å². The van der Waals surface area contributed by atoms with Crippen LogP contribution in [0.2, 0.25) is 0 Å². The topological polar surface area (TPSA) is 91.5 Å². The van der Waals surface area contributed by atoms with Crippen LogP contribution in [-0.4, -0.2) is 0 Å². The summed E-state index contributed by atoms with van der Waals surface area (Å²) in [4.78, 5) is 10.8. The monoisotopic (exact) mass is 855 g/mol. The van der Waals surface area contributed by atoms with E-state index in [1.54, 1.807) is 37.6 Å². The van der Waals surface area contributed by atoms with E-state index < -0.39 is 24.1 Å². The predicted molar refractivity (Wildman–Crippen MR) is 254 cm³/mol. The Morgan fingerprint density at radius 3 is 0.533 bits per heavy atom. The molecule has 12 heteroatoms. The van der Waals surface area contributed by atoms with E-state index in [9.17, 15) is 0 Å². The third-order valence-corrected chi connectivity index (χ3v) is 19.5. The summed E-state index contributed by atoms with van der Waals surface area (Å²) < 4.78 is 40.5. The molecule has 1 fully saturated rings. The SMILES string of the molecule is C(=Cc1ccccc1)O[PH]1(OC=Cc2ccccc2)N[PH](OC=Cc2ccccc2)(OC=Cc2ccccc2)N[PH](OC=Cc2ccccc2)(OC=Cc2ccccc2)N1. The zero-order chi connectivity index (χ0) is 41.0. The summed E-state index contributed by atoms with van der Waals surface area (Å²) in [7, 11) is -12.1. The first-order chi connectivity index (χ1) is 29.6. The molecule has 60 heavy (non-hydrogen) atoms. The van der Waals surface area contributed by atoms with Crippen LogP contribution in [0.1, 0.15) is 33.4 Å². The number of benzene rings is 6. The molecule has 1 aliphatic rings. The molecule has 0 saturated carbocycles. The van der Waals surface area contributed by atoms with Crippen molar-refractivity contribution in [2.24, 2.45) is 0 Å². The van der Waals surface area contributed by atoms with Gasteiger partial charge in [0.25, 0.3) is 0 Å². The van der Waals surface area contributed by atoms with Crippen LogP contribution in [0.25, 0.3) is 36.5 Å². The van der Waals surface area contributed by atoms with Crippen LogP contribution in [0.4, 0.5) is 0 Å². The van der Waals surface area contributed by atoms with Gasteiger partial charge >= 0.3 is 355 Å². The van der Waals surface area contributed by atoms with Gasteiger partial charge < -0.3 is 0 Å². The van der Waals surface area contributed by atoms with Gasteiger partial charge in [0.15, 0.2) is 0 Å². The molecule has 306 valence electrons. The van der Waals surface area contributed by atoms with E-state index >= 15 is 0 Å². The molecule has 1 aliphatic heterocycles. The zero-order valence-corrected chi connectivity index (χ0v) is 35.7. The van der Waals surface area contributed by atoms with Gasteiger partial charge in [-0.05, 0) is 0 Å². The van der Waals surface area contributed by atoms with Crippen molar-refractivity contribution in [2.75, 3.05) is 0 Å². The average Bonchev–Trinajstić information content (AvgIpc) is 3.29. The summed E-state index contributed by atoms with van der Waals surface area (Å²) in [5.74, 6) is 0. The van der Waals surface area contributed by atoms with Crippen LogP contribution in [0.3, 0.4) is 0 Å². The molecule has 6 aromatic rings. The molecule has 9 nitrogen and oxygen atoms in total. The van der Waals surface area contributed by atoms with E-state index in [2.05, 4.69) is 14.6 Å². The summed E-state index contributed by atoms with van der Waals surface area (Å²) in [6, 6.07) is 59.1. The van der Waals surface area contributed by atoms with Crippen molar-refractivity contribution in [1.29, 1.82) is 0 Å². The molecule has 0 amide bonds. The van der Waals surface area contributed by atoms with Crippen molar-refractivity contribution in [3.8, 4) is 0 Å². The van der Waals surface area contributed by atoms with Crippen LogP contribution in [-0.2, 0) is 27.1 Å². The Kier molecular flexibility index (Phi) is 15.1. The average molecular weight is 856 g/mol. The van der Waals surface area contributed by atoms with Crippen molar-refractivity contribution < 1.29 is 27.1 Å². The molecule has 1 saturated heterocycles. The van der Waals surface area contributed by atoms with Crippen LogP contribution in [0.5, 0.6) is 0 Å². The molecule has 0 aliphatic carbocycles. The fourth-order valence-corrected chi connectivity index (χ4v) is 18.0. The first-order valence-corrected chi connectivity index (χ1v) is 24.8. The Hall–Kier alpha value is -6.27. The van der Waals surface area contributed by atoms with Gasteiger partial charge in [-0.2, -0.15) is 0 Å². The number of nitrogens with one attached hydrogen (secondary N) is 3. The van der Waals surface area contributed by atoms with E-state index in [1.807, 2.05) is 218 Å². The molecule has 0 bridgehead atoms. The van der Waals surface area contributed by atoms with Crippen LogP contribution in [0, 0.1) is 0 Å². The first-order valence-electron chi connectivity index (χ1n) is 19.3. The van der Waals surface area contributed by atoms with Crippen molar-refractivity contribution >= 4 is 60.5 Å². The molecule has 0 spiro atoms. The molecular formula is C48H48N3O6P3. The van der Waals surface area contributed by atoms with Gasteiger partial charge in [0, 0.05) is 0 Å². The summed E-state index contributed by atoms with van der Waals surface area (Å²) in [5.41, 5.74) is 5.56. The fraction of sp³-hybridized carbons (Fsp3) is 0. The third kappa shape index (κ3) is 12.9. The van der Waals surface area contributed by atoms with Crippen molar-refractivity contribution in [3.63, 3.8) is 0 Å². The Morgan fingerprint density at radius 2 is 0.383 bits per heavy atom. The second-order valence-corrected chi connectivity index (χ2v) is 21.3. The van der Waals surface area contributed by atoms with E-state index in [0.29, 0.717) is 0 Å². The van der Waals surface area contributed by atoms with Crippen LogP contribution >= 0.6 is 24.1 Å². The quantitative estimate of drug-likeness (QED) is 0.0577. The van der Waals surface area contributed by atoms with Gasteiger partial charge in [-0.25, -0.2) is 0 Å². The first kappa shape index (κ1) is 41.9. The second kappa shape index (κ2) is 21.7. The van der Waals surface area contributed by atoms with Gasteiger partial charge in [-0.3, -0.25) is 0 Å². The second-order valence-electron chi connectivity index (χ2n) is 13.2. The summed E-state index contributed by atoms with van der Waals surface area (Å²) in [6.07, 6.45) is 20.7. The molecule has 0 unspecified atom stereocenters. The summed E-state index contributed by atoms with van der Waals surface area (Å²) in [6.45, 7) is 0. The van der Waals surface area contributed by atoms with Crippen molar-refractivity contribution in [3.05, 3.63) is 253 Å². The summed E-state index contributed by atoms with van der Waals surface area (Å²) in [5, 5.41) is 0. The van der Waals surface area contributed by atoms with Gasteiger partial charge in [-0.15, -0.1) is 0 Å². The van der Waals surface area contributed by atoms with E-state index in [1.165, 1.54) is 0 Å². The number of hydrogen-bond donors (Lipinski definition) is 3. The minimum atomic E-state index is -4.03. The van der Waals surface area contributed by atoms with Gasteiger partial charge in [-0.1, -0.05) is 0 Å². The molecular weight excluding hydrogens is 807 g/mol. The predicted octanol–water partition coefficient (Wildman–Crippen LogP) is 13.1. The Balaban J connectivity index is 1.35. The van der Waals surface area contributed by atoms with Crippen molar-refractivity contribution in [2.45, 2.75) is 0 Å². The van der Waals surface area contributed by atoms with E-state index in [0.717, 1.165) is 33.4 Å². The maximum absolute atomic E-state index is 6.76. The van der Waals surface area contributed by atoms with Gasteiger partial charge in [0.1, 0.15) is 0 Å². The third-order valence-electron chi connectivity index (χ3n) is 8.75.